The van der Waals surface area contributed by atoms with Gasteiger partial charge in [0.05, 0.1) is 0 Å². The predicted molar refractivity (Wildman–Crippen MR) is 273 cm³/mol. The lowest BCUT2D eigenvalue weighted by Gasteiger charge is -2.27. The van der Waals surface area contributed by atoms with Crippen LogP contribution in [-0.4, -0.2) is 0 Å². The van der Waals surface area contributed by atoms with Gasteiger partial charge in [-0.15, -0.1) is 0 Å². The summed E-state index contributed by atoms with van der Waals surface area (Å²) < 4.78 is 0. The molecule has 0 unspecified atom stereocenters. The Kier molecular flexibility index (Phi) is 8.91. The highest BCUT2D eigenvalue weighted by atomic mass is 15.1. The van der Waals surface area contributed by atoms with E-state index < -0.39 is 0 Å². The van der Waals surface area contributed by atoms with Crippen molar-refractivity contribution < 1.29 is 0 Å². The Bertz CT molecular complexity index is 3570. The van der Waals surface area contributed by atoms with Gasteiger partial charge in [0.15, 0.2) is 0 Å². The van der Waals surface area contributed by atoms with Crippen molar-refractivity contribution in [3.05, 3.63) is 248 Å². The van der Waals surface area contributed by atoms with E-state index in [0.717, 1.165) is 17.1 Å². The third-order valence-corrected chi connectivity index (χ3v) is 13.6. The summed E-state index contributed by atoms with van der Waals surface area (Å²) in [6, 6.07) is 87.1. The second kappa shape index (κ2) is 15.1. The van der Waals surface area contributed by atoms with Crippen LogP contribution in [0.1, 0.15) is 25.0 Å². The molecular weight excluding hydrogens is 771 g/mol. The van der Waals surface area contributed by atoms with E-state index in [1.807, 2.05) is 0 Å². The Morgan fingerprint density at radius 1 is 0.281 bits per heavy atom. The molecule has 0 aliphatic heterocycles. The van der Waals surface area contributed by atoms with E-state index in [4.69, 9.17) is 0 Å². The molecule has 0 saturated heterocycles. The fraction of sp³-hybridized carbons (Fsp3) is 0.0476. The first-order chi connectivity index (χ1) is 31.5. The van der Waals surface area contributed by atoms with Gasteiger partial charge in [0.1, 0.15) is 0 Å². The summed E-state index contributed by atoms with van der Waals surface area (Å²) in [6.07, 6.45) is 0. The van der Waals surface area contributed by atoms with Crippen molar-refractivity contribution >= 4 is 49.4 Å². The zero-order valence-electron chi connectivity index (χ0n) is 36.0. The van der Waals surface area contributed by atoms with Crippen molar-refractivity contribution in [3.8, 4) is 55.6 Å². The number of hydrogen-bond donors (Lipinski definition) is 0. The molecule has 0 amide bonds. The van der Waals surface area contributed by atoms with Crippen LogP contribution >= 0.6 is 0 Å². The average molecular weight is 816 g/mol. The molecule has 64 heavy (non-hydrogen) atoms. The van der Waals surface area contributed by atoms with Crippen molar-refractivity contribution in [2.24, 2.45) is 0 Å². The Balaban J connectivity index is 0.945. The van der Waals surface area contributed by atoms with Gasteiger partial charge >= 0.3 is 0 Å². The third kappa shape index (κ3) is 6.31. The second-order valence-corrected chi connectivity index (χ2v) is 17.7. The average Bonchev–Trinajstić information content (AvgIpc) is 3.60. The minimum absolute atomic E-state index is 0.0981. The van der Waals surface area contributed by atoms with Crippen molar-refractivity contribution in [3.63, 3.8) is 0 Å². The molecule has 1 nitrogen and oxygen atoms in total. The predicted octanol–water partition coefficient (Wildman–Crippen LogP) is 17.6. The van der Waals surface area contributed by atoms with Gasteiger partial charge in [-0.25, -0.2) is 0 Å². The molecule has 0 saturated carbocycles. The highest BCUT2D eigenvalue weighted by Gasteiger charge is 2.37. The van der Waals surface area contributed by atoms with Crippen LogP contribution in [0.15, 0.2) is 237 Å². The van der Waals surface area contributed by atoms with Crippen LogP contribution in [0.5, 0.6) is 0 Å². The van der Waals surface area contributed by atoms with Crippen LogP contribution in [0.3, 0.4) is 0 Å². The van der Waals surface area contributed by atoms with E-state index in [1.165, 1.54) is 99.1 Å². The third-order valence-electron chi connectivity index (χ3n) is 13.6. The summed E-state index contributed by atoms with van der Waals surface area (Å²) in [5.74, 6) is 0. The normalized spacial score (nSPS) is 12.7. The SMILES string of the molecule is CC1(C)c2ccccc2-c2cccc(-c3ccc(N(c4ccc(-c5ccc6c(ccc7ccccc76)c5)cc4)c4cccc(-c5cccc(-c6cccc7ccccc67)c5)c4)cc3)c21. The summed E-state index contributed by atoms with van der Waals surface area (Å²) in [6.45, 7) is 4.73. The zero-order chi connectivity index (χ0) is 42.8. The van der Waals surface area contributed by atoms with Gasteiger partial charge in [0.2, 0.25) is 0 Å². The molecule has 0 heterocycles. The summed E-state index contributed by atoms with van der Waals surface area (Å²) in [5, 5.41) is 7.60. The number of rotatable bonds is 7. The molecule has 0 radical (unpaired) electrons. The number of anilines is 3. The Hall–Kier alpha value is -8.00. The summed E-state index contributed by atoms with van der Waals surface area (Å²) in [4.78, 5) is 2.40. The van der Waals surface area contributed by atoms with Gasteiger partial charge in [-0.2, -0.15) is 0 Å². The second-order valence-electron chi connectivity index (χ2n) is 17.7. The zero-order valence-corrected chi connectivity index (χ0v) is 36.0. The van der Waals surface area contributed by atoms with Gasteiger partial charge in [-0.1, -0.05) is 202 Å². The molecule has 1 aliphatic carbocycles. The van der Waals surface area contributed by atoms with Crippen molar-refractivity contribution in [2.45, 2.75) is 19.3 Å². The van der Waals surface area contributed by atoms with Gasteiger partial charge in [0.25, 0.3) is 0 Å². The molecular formula is C63H45N. The van der Waals surface area contributed by atoms with E-state index in [0.29, 0.717) is 0 Å². The van der Waals surface area contributed by atoms with Gasteiger partial charge in [0, 0.05) is 22.5 Å². The molecule has 0 atom stereocenters. The largest absolute Gasteiger partial charge is 0.310 e. The van der Waals surface area contributed by atoms with Crippen LogP contribution in [-0.2, 0) is 5.41 Å². The minimum Gasteiger partial charge on any atom is -0.310 e. The molecule has 0 bridgehead atoms. The van der Waals surface area contributed by atoms with Crippen molar-refractivity contribution in [1.29, 1.82) is 0 Å². The lowest BCUT2D eigenvalue weighted by atomic mass is 9.79. The standard InChI is InChI=1S/C63H45N/c1-63(2)61-26-8-7-22-59(61)60-25-12-24-58(62(60)63)45-31-36-52(37-32-45)64(51-34-29-42(30-35-51)48-33-38-57-50(40-48)28-27-44-14-4-6-21-55(44)57)53-19-10-17-47(41-53)46-16-9-18-49(39-46)56-23-11-15-43-13-3-5-20-54(43)56/h3-41H,1-2H3. The highest BCUT2D eigenvalue weighted by Crippen LogP contribution is 2.52. The first-order valence-corrected chi connectivity index (χ1v) is 22.3. The fourth-order valence-corrected chi connectivity index (χ4v) is 10.5. The molecule has 0 N–H and O–H groups in total. The first kappa shape index (κ1) is 37.7. The Morgan fingerprint density at radius 2 is 0.797 bits per heavy atom. The molecule has 0 aromatic heterocycles. The molecule has 0 spiro atoms. The van der Waals surface area contributed by atoms with E-state index in [2.05, 4.69) is 255 Å². The molecule has 1 heteroatoms. The van der Waals surface area contributed by atoms with Crippen LogP contribution in [0.2, 0.25) is 0 Å². The quantitative estimate of drug-likeness (QED) is 0.145. The monoisotopic (exact) mass is 815 g/mol. The van der Waals surface area contributed by atoms with E-state index >= 15 is 0 Å². The first-order valence-electron chi connectivity index (χ1n) is 22.3. The molecule has 302 valence electrons. The smallest absolute Gasteiger partial charge is 0.0467 e. The summed E-state index contributed by atoms with van der Waals surface area (Å²) >= 11 is 0. The maximum atomic E-state index is 2.40. The molecule has 0 fully saturated rings. The van der Waals surface area contributed by atoms with Crippen molar-refractivity contribution in [1.82, 2.24) is 0 Å². The van der Waals surface area contributed by atoms with Crippen LogP contribution < -0.4 is 4.90 Å². The van der Waals surface area contributed by atoms with Crippen LogP contribution in [0.25, 0.3) is 88.0 Å². The number of benzene rings is 11. The highest BCUT2D eigenvalue weighted by molar-refractivity contribution is 6.08. The Morgan fingerprint density at radius 3 is 1.61 bits per heavy atom. The summed E-state index contributed by atoms with van der Waals surface area (Å²) in [5.41, 5.74) is 18.4. The summed E-state index contributed by atoms with van der Waals surface area (Å²) in [7, 11) is 0. The molecule has 11 aromatic carbocycles. The van der Waals surface area contributed by atoms with E-state index in [-0.39, 0.29) is 5.41 Å². The van der Waals surface area contributed by atoms with Gasteiger partial charge in [-0.05, 0) is 148 Å². The fourth-order valence-electron chi connectivity index (χ4n) is 10.5. The van der Waals surface area contributed by atoms with E-state index in [9.17, 15) is 0 Å². The lowest BCUT2D eigenvalue weighted by Crippen LogP contribution is -2.16. The van der Waals surface area contributed by atoms with Crippen LogP contribution in [0.4, 0.5) is 17.1 Å². The van der Waals surface area contributed by atoms with E-state index in [1.54, 1.807) is 0 Å². The molecule has 1 aliphatic rings. The molecule has 11 aromatic rings. The van der Waals surface area contributed by atoms with Gasteiger partial charge < -0.3 is 4.90 Å². The molecule has 12 rings (SSSR count). The number of hydrogen-bond acceptors (Lipinski definition) is 1. The maximum absolute atomic E-state index is 2.40. The lowest BCUT2D eigenvalue weighted by molar-refractivity contribution is 0.662. The maximum Gasteiger partial charge on any atom is 0.0467 e. The topological polar surface area (TPSA) is 3.24 Å². The van der Waals surface area contributed by atoms with Gasteiger partial charge in [-0.3, -0.25) is 0 Å². The minimum atomic E-state index is -0.0981. The van der Waals surface area contributed by atoms with Crippen molar-refractivity contribution in [2.75, 3.05) is 4.90 Å². The number of fused-ring (bicyclic) bond motifs is 7. The Labute approximate surface area is 375 Å². The van der Waals surface area contributed by atoms with Crippen LogP contribution in [0, 0.1) is 0 Å². The number of nitrogens with zero attached hydrogens (tertiary/aromatic N) is 1.